The summed E-state index contributed by atoms with van der Waals surface area (Å²) in [6.45, 7) is 2.14. The van der Waals surface area contributed by atoms with Crippen LogP contribution in [0.5, 0.6) is 0 Å². The van der Waals surface area contributed by atoms with E-state index >= 15 is 0 Å². The van der Waals surface area contributed by atoms with Gasteiger partial charge in [-0.2, -0.15) is 0 Å². The van der Waals surface area contributed by atoms with Crippen molar-refractivity contribution in [3.05, 3.63) is 109 Å². The van der Waals surface area contributed by atoms with Crippen LogP contribution in [0.3, 0.4) is 0 Å². The Morgan fingerprint density at radius 1 is 0.556 bits per heavy atom. The fourth-order valence-corrected chi connectivity index (χ4v) is 3.44. The molecule has 0 unspecified atom stereocenters. The normalized spacial score (nSPS) is 10.6. The van der Waals surface area contributed by atoms with Crippen molar-refractivity contribution in [1.29, 1.82) is 0 Å². The molecule has 0 saturated heterocycles. The van der Waals surface area contributed by atoms with E-state index in [9.17, 15) is 0 Å². The molecule has 0 aliphatic heterocycles. The van der Waals surface area contributed by atoms with Crippen molar-refractivity contribution in [2.75, 3.05) is 11.9 Å². The van der Waals surface area contributed by atoms with Crippen LogP contribution in [-0.2, 0) is 0 Å². The molecule has 0 amide bonds. The lowest BCUT2D eigenvalue weighted by atomic mass is 10.00. The van der Waals surface area contributed by atoms with Gasteiger partial charge in [0.25, 0.3) is 0 Å². The molecule has 0 aromatic heterocycles. The van der Waals surface area contributed by atoms with Crippen molar-refractivity contribution in [2.24, 2.45) is 0 Å². The Balaban J connectivity index is 1.70. The number of hydrogen-bond acceptors (Lipinski definition) is 1. The Bertz CT molecular complexity index is 1020. The van der Waals surface area contributed by atoms with Crippen molar-refractivity contribution in [1.82, 2.24) is 0 Å². The summed E-state index contributed by atoms with van der Waals surface area (Å²) in [7, 11) is 2.13. The highest BCUT2D eigenvalue weighted by Gasteiger charge is 2.11. The monoisotopic (exact) mass is 349 g/mol. The quantitative estimate of drug-likeness (QED) is 0.380. The summed E-state index contributed by atoms with van der Waals surface area (Å²) in [6, 6.07) is 36.5. The van der Waals surface area contributed by atoms with E-state index in [1.54, 1.807) is 0 Å². The molecule has 0 heterocycles. The SMILES string of the molecule is Cc1ccc(N(C)c2ccc(-c3ccccc3)cc2)c(-c2ccccc2)c1. The Kier molecular flexibility index (Phi) is 4.76. The maximum atomic E-state index is 2.26. The second-order valence-electron chi connectivity index (χ2n) is 6.86. The van der Waals surface area contributed by atoms with Crippen molar-refractivity contribution in [2.45, 2.75) is 6.92 Å². The van der Waals surface area contributed by atoms with E-state index in [1.807, 2.05) is 6.07 Å². The van der Waals surface area contributed by atoms with Gasteiger partial charge in [0.1, 0.15) is 0 Å². The smallest absolute Gasteiger partial charge is 0.0487 e. The molecule has 0 spiro atoms. The van der Waals surface area contributed by atoms with Gasteiger partial charge in [-0.05, 0) is 47.9 Å². The van der Waals surface area contributed by atoms with Crippen molar-refractivity contribution >= 4 is 11.4 Å². The lowest BCUT2D eigenvalue weighted by molar-refractivity contribution is 1.21. The van der Waals surface area contributed by atoms with Crippen LogP contribution in [0.4, 0.5) is 11.4 Å². The van der Waals surface area contributed by atoms with Crippen LogP contribution in [0.2, 0.25) is 0 Å². The third-order valence-corrected chi connectivity index (χ3v) is 4.96. The summed E-state index contributed by atoms with van der Waals surface area (Å²) in [5.74, 6) is 0. The van der Waals surface area contributed by atoms with Crippen molar-refractivity contribution < 1.29 is 0 Å². The summed E-state index contributed by atoms with van der Waals surface area (Å²) < 4.78 is 0. The van der Waals surface area contributed by atoms with Gasteiger partial charge < -0.3 is 4.90 Å². The molecule has 0 saturated carbocycles. The number of benzene rings is 4. The Hall–Kier alpha value is -3.32. The molecular weight excluding hydrogens is 326 g/mol. The van der Waals surface area contributed by atoms with Crippen molar-refractivity contribution in [3.63, 3.8) is 0 Å². The predicted molar refractivity (Wildman–Crippen MR) is 117 cm³/mol. The van der Waals surface area contributed by atoms with E-state index in [2.05, 4.69) is 116 Å². The van der Waals surface area contributed by atoms with Gasteiger partial charge in [-0.3, -0.25) is 0 Å². The minimum atomic E-state index is 1.18. The first kappa shape index (κ1) is 17.1. The van der Waals surface area contributed by atoms with Gasteiger partial charge in [-0.15, -0.1) is 0 Å². The maximum absolute atomic E-state index is 2.26. The first-order chi connectivity index (χ1) is 13.2. The number of anilines is 2. The van der Waals surface area contributed by atoms with Crippen LogP contribution in [0, 0.1) is 6.92 Å². The second kappa shape index (κ2) is 7.51. The molecule has 0 radical (unpaired) electrons. The van der Waals surface area contributed by atoms with Crippen LogP contribution in [0.15, 0.2) is 103 Å². The number of hydrogen-bond donors (Lipinski definition) is 0. The molecule has 1 heteroatoms. The average molecular weight is 349 g/mol. The first-order valence-corrected chi connectivity index (χ1v) is 9.28. The minimum absolute atomic E-state index is 1.18. The van der Waals surface area contributed by atoms with Crippen LogP contribution >= 0.6 is 0 Å². The molecular formula is C26H23N. The first-order valence-electron chi connectivity index (χ1n) is 9.28. The molecule has 0 bridgehead atoms. The highest BCUT2D eigenvalue weighted by atomic mass is 15.1. The van der Waals surface area contributed by atoms with Gasteiger partial charge in [-0.1, -0.05) is 84.4 Å². The molecule has 4 aromatic carbocycles. The molecule has 0 atom stereocenters. The standard InChI is InChI=1S/C26H23N/c1-20-13-18-26(25(19-20)23-11-7-4-8-12-23)27(2)24-16-14-22(15-17-24)21-9-5-3-6-10-21/h3-19H,1-2H3. The Morgan fingerprint density at radius 2 is 1.11 bits per heavy atom. The zero-order valence-electron chi connectivity index (χ0n) is 15.8. The van der Waals surface area contributed by atoms with Gasteiger partial charge >= 0.3 is 0 Å². The Labute approximate surface area is 161 Å². The average Bonchev–Trinajstić information content (AvgIpc) is 2.74. The van der Waals surface area contributed by atoms with Gasteiger partial charge in [0, 0.05) is 24.0 Å². The summed E-state index contributed by atoms with van der Waals surface area (Å²) in [5.41, 5.74) is 8.63. The fourth-order valence-electron chi connectivity index (χ4n) is 3.44. The van der Waals surface area contributed by atoms with E-state index in [0.717, 1.165) is 0 Å². The zero-order valence-corrected chi connectivity index (χ0v) is 15.8. The molecule has 1 nitrogen and oxygen atoms in total. The van der Waals surface area contributed by atoms with E-state index in [4.69, 9.17) is 0 Å². The van der Waals surface area contributed by atoms with Crippen molar-refractivity contribution in [3.8, 4) is 22.3 Å². The molecule has 0 N–H and O–H groups in total. The molecule has 0 fully saturated rings. The largest absolute Gasteiger partial charge is 0.344 e. The fraction of sp³-hybridized carbons (Fsp3) is 0.0769. The Morgan fingerprint density at radius 3 is 1.74 bits per heavy atom. The van der Waals surface area contributed by atoms with Crippen LogP contribution in [0.1, 0.15) is 5.56 Å². The minimum Gasteiger partial charge on any atom is -0.344 e. The summed E-state index contributed by atoms with van der Waals surface area (Å²) in [6.07, 6.45) is 0. The van der Waals surface area contributed by atoms with Gasteiger partial charge in [0.15, 0.2) is 0 Å². The van der Waals surface area contributed by atoms with E-state index in [-0.39, 0.29) is 0 Å². The predicted octanol–water partition coefficient (Wildman–Crippen LogP) is 7.10. The highest BCUT2D eigenvalue weighted by molar-refractivity contribution is 5.83. The topological polar surface area (TPSA) is 3.24 Å². The lowest BCUT2D eigenvalue weighted by Gasteiger charge is -2.23. The molecule has 4 aromatic rings. The second-order valence-corrected chi connectivity index (χ2v) is 6.86. The summed E-state index contributed by atoms with van der Waals surface area (Å²) in [5, 5.41) is 0. The highest BCUT2D eigenvalue weighted by Crippen LogP contribution is 2.35. The summed E-state index contributed by atoms with van der Waals surface area (Å²) in [4.78, 5) is 2.26. The summed E-state index contributed by atoms with van der Waals surface area (Å²) >= 11 is 0. The van der Waals surface area contributed by atoms with E-state index in [1.165, 1.54) is 39.2 Å². The molecule has 4 rings (SSSR count). The number of aryl methyl sites for hydroxylation is 1. The van der Waals surface area contributed by atoms with Crippen LogP contribution in [-0.4, -0.2) is 7.05 Å². The number of nitrogens with zero attached hydrogens (tertiary/aromatic N) is 1. The molecule has 27 heavy (non-hydrogen) atoms. The van der Waals surface area contributed by atoms with Crippen LogP contribution in [0.25, 0.3) is 22.3 Å². The van der Waals surface area contributed by atoms with E-state index in [0.29, 0.717) is 0 Å². The number of rotatable bonds is 4. The third kappa shape index (κ3) is 3.63. The maximum Gasteiger partial charge on any atom is 0.0487 e. The van der Waals surface area contributed by atoms with Crippen LogP contribution < -0.4 is 4.90 Å². The lowest BCUT2D eigenvalue weighted by Crippen LogP contribution is -2.10. The third-order valence-electron chi connectivity index (χ3n) is 4.96. The van der Waals surface area contributed by atoms with Gasteiger partial charge in [0.2, 0.25) is 0 Å². The molecule has 0 aliphatic rings. The zero-order chi connectivity index (χ0) is 18.6. The molecule has 0 aliphatic carbocycles. The van der Waals surface area contributed by atoms with Gasteiger partial charge in [-0.25, -0.2) is 0 Å². The van der Waals surface area contributed by atoms with E-state index < -0.39 is 0 Å². The molecule has 132 valence electrons. The van der Waals surface area contributed by atoms with Gasteiger partial charge in [0.05, 0.1) is 0 Å².